The lowest BCUT2D eigenvalue weighted by molar-refractivity contribution is 0.571. The second-order valence-corrected chi connectivity index (χ2v) is 5.09. The van der Waals surface area contributed by atoms with E-state index in [0.29, 0.717) is 0 Å². The molecule has 3 rings (SSSR count). The number of aryl methyl sites for hydroxylation is 1. The van der Waals surface area contributed by atoms with E-state index in [1.807, 2.05) is 0 Å². The minimum atomic E-state index is 0.871. The summed E-state index contributed by atoms with van der Waals surface area (Å²) in [6, 6.07) is 10.5. The zero-order valence-electron chi connectivity index (χ0n) is 9.89. The molecule has 1 aliphatic heterocycles. The van der Waals surface area contributed by atoms with E-state index >= 15 is 0 Å². The Balaban J connectivity index is 1.64. The second-order valence-electron chi connectivity index (χ2n) is 5.09. The van der Waals surface area contributed by atoms with Crippen LogP contribution >= 0.6 is 0 Å². The molecule has 0 N–H and O–H groups in total. The first-order valence-electron chi connectivity index (χ1n) is 6.37. The Morgan fingerprint density at radius 2 is 1.69 bits per heavy atom. The minimum absolute atomic E-state index is 0.871. The SMILES string of the molecule is Cc1ccc(/C=C/N2C3CCCCC32)cc1. The molecule has 2 aliphatic rings. The van der Waals surface area contributed by atoms with E-state index in [0.717, 1.165) is 12.1 Å². The fraction of sp³-hybridized carbons (Fsp3) is 0.467. The number of benzene rings is 1. The van der Waals surface area contributed by atoms with Gasteiger partial charge in [0.2, 0.25) is 0 Å². The summed E-state index contributed by atoms with van der Waals surface area (Å²) in [6.07, 6.45) is 10.2. The van der Waals surface area contributed by atoms with Crippen LogP contribution in [0, 0.1) is 6.92 Å². The van der Waals surface area contributed by atoms with E-state index in [-0.39, 0.29) is 0 Å². The largest absolute Gasteiger partial charge is 0.367 e. The Labute approximate surface area is 97.8 Å². The highest BCUT2D eigenvalue weighted by atomic mass is 15.3. The third-order valence-corrected chi connectivity index (χ3v) is 3.89. The predicted molar refractivity (Wildman–Crippen MR) is 68.1 cm³/mol. The maximum atomic E-state index is 2.53. The van der Waals surface area contributed by atoms with E-state index < -0.39 is 0 Å². The van der Waals surface area contributed by atoms with Crippen molar-refractivity contribution in [1.29, 1.82) is 0 Å². The molecule has 0 amide bonds. The van der Waals surface area contributed by atoms with Crippen LogP contribution < -0.4 is 0 Å². The van der Waals surface area contributed by atoms with Crippen LogP contribution in [-0.4, -0.2) is 17.0 Å². The average molecular weight is 213 g/mol. The monoisotopic (exact) mass is 213 g/mol. The van der Waals surface area contributed by atoms with Gasteiger partial charge in [-0.15, -0.1) is 0 Å². The molecule has 1 nitrogen and oxygen atoms in total. The highest BCUT2D eigenvalue weighted by Crippen LogP contribution is 2.40. The number of hydrogen-bond acceptors (Lipinski definition) is 1. The van der Waals surface area contributed by atoms with E-state index in [1.165, 1.54) is 36.8 Å². The van der Waals surface area contributed by atoms with Crippen molar-refractivity contribution in [2.24, 2.45) is 0 Å². The molecular formula is C15H19N. The van der Waals surface area contributed by atoms with Gasteiger partial charge in [-0.25, -0.2) is 0 Å². The van der Waals surface area contributed by atoms with Gasteiger partial charge in [0.15, 0.2) is 0 Å². The van der Waals surface area contributed by atoms with Crippen LogP contribution in [0.5, 0.6) is 0 Å². The Kier molecular flexibility index (Phi) is 2.47. The summed E-state index contributed by atoms with van der Waals surface area (Å²) in [5.74, 6) is 0. The maximum absolute atomic E-state index is 2.53. The molecule has 84 valence electrons. The van der Waals surface area contributed by atoms with Crippen LogP contribution in [0.25, 0.3) is 6.08 Å². The van der Waals surface area contributed by atoms with Gasteiger partial charge in [-0.05, 0) is 31.4 Å². The van der Waals surface area contributed by atoms with Gasteiger partial charge >= 0.3 is 0 Å². The molecule has 2 fully saturated rings. The lowest BCUT2D eigenvalue weighted by Crippen LogP contribution is -2.00. The van der Waals surface area contributed by atoms with Crippen molar-refractivity contribution in [3.8, 4) is 0 Å². The van der Waals surface area contributed by atoms with Gasteiger partial charge in [-0.3, -0.25) is 0 Å². The molecule has 2 unspecified atom stereocenters. The highest BCUT2D eigenvalue weighted by molar-refractivity contribution is 5.50. The summed E-state index contributed by atoms with van der Waals surface area (Å²) in [6.45, 7) is 2.13. The first-order chi connectivity index (χ1) is 7.84. The van der Waals surface area contributed by atoms with E-state index in [2.05, 4.69) is 48.4 Å². The van der Waals surface area contributed by atoms with Gasteiger partial charge in [0, 0.05) is 18.3 Å². The molecule has 1 aromatic rings. The van der Waals surface area contributed by atoms with Crippen molar-refractivity contribution in [2.45, 2.75) is 44.7 Å². The molecule has 0 aromatic heterocycles. The zero-order chi connectivity index (χ0) is 11.0. The number of likely N-dealkylation sites (tertiary alicyclic amines) is 1. The standard InChI is InChI=1S/C15H19N/c1-12-6-8-13(9-7-12)10-11-16-14-4-2-3-5-15(14)16/h6-11,14-15H,2-5H2,1H3/b11-10+. The molecule has 1 aromatic carbocycles. The fourth-order valence-electron chi connectivity index (χ4n) is 2.82. The Bertz CT molecular complexity index is 378. The molecule has 1 aliphatic carbocycles. The summed E-state index contributed by atoms with van der Waals surface area (Å²) in [5, 5.41) is 0. The topological polar surface area (TPSA) is 3.01 Å². The van der Waals surface area contributed by atoms with Crippen molar-refractivity contribution in [1.82, 2.24) is 4.90 Å². The van der Waals surface area contributed by atoms with E-state index in [1.54, 1.807) is 0 Å². The number of nitrogens with zero attached hydrogens (tertiary/aromatic N) is 1. The summed E-state index contributed by atoms with van der Waals surface area (Å²) in [7, 11) is 0. The Morgan fingerprint density at radius 3 is 2.31 bits per heavy atom. The van der Waals surface area contributed by atoms with Gasteiger partial charge in [-0.1, -0.05) is 42.7 Å². The van der Waals surface area contributed by atoms with Crippen LogP contribution in [0.3, 0.4) is 0 Å². The third kappa shape index (κ3) is 1.87. The van der Waals surface area contributed by atoms with Gasteiger partial charge in [-0.2, -0.15) is 0 Å². The van der Waals surface area contributed by atoms with E-state index in [9.17, 15) is 0 Å². The van der Waals surface area contributed by atoms with Crippen molar-refractivity contribution in [2.75, 3.05) is 0 Å². The zero-order valence-corrected chi connectivity index (χ0v) is 9.89. The summed E-state index contributed by atoms with van der Waals surface area (Å²) >= 11 is 0. The quantitative estimate of drug-likeness (QED) is 0.678. The van der Waals surface area contributed by atoms with Crippen molar-refractivity contribution in [3.05, 3.63) is 41.6 Å². The lowest BCUT2D eigenvalue weighted by Gasteiger charge is -2.01. The summed E-state index contributed by atoms with van der Waals surface area (Å²) < 4.78 is 0. The van der Waals surface area contributed by atoms with Gasteiger partial charge < -0.3 is 4.90 Å². The molecule has 0 radical (unpaired) electrons. The van der Waals surface area contributed by atoms with Crippen molar-refractivity contribution in [3.63, 3.8) is 0 Å². The number of hydrogen-bond donors (Lipinski definition) is 0. The maximum Gasteiger partial charge on any atom is 0.0491 e. The highest BCUT2D eigenvalue weighted by Gasteiger charge is 2.45. The summed E-state index contributed by atoms with van der Waals surface area (Å²) in [5.41, 5.74) is 2.65. The van der Waals surface area contributed by atoms with Gasteiger partial charge in [0.25, 0.3) is 0 Å². The third-order valence-electron chi connectivity index (χ3n) is 3.89. The molecular weight excluding hydrogens is 194 g/mol. The second kappa shape index (κ2) is 3.97. The average Bonchev–Trinajstić information content (AvgIpc) is 3.02. The first-order valence-corrected chi connectivity index (χ1v) is 6.37. The molecule has 16 heavy (non-hydrogen) atoms. The van der Waals surface area contributed by atoms with Crippen molar-refractivity contribution >= 4 is 6.08 Å². The molecule has 1 saturated carbocycles. The molecule has 2 atom stereocenters. The van der Waals surface area contributed by atoms with E-state index in [4.69, 9.17) is 0 Å². The molecule has 0 spiro atoms. The van der Waals surface area contributed by atoms with Crippen LogP contribution in [0.15, 0.2) is 30.5 Å². The van der Waals surface area contributed by atoms with Crippen molar-refractivity contribution < 1.29 is 0 Å². The van der Waals surface area contributed by atoms with Gasteiger partial charge in [0.1, 0.15) is 0 Å². The Morgan fingerprint density at radius 1 is 1.06 bits per heavy atom. The first kappa shape index (κ1) is 9.95. The van der Waals surface area contributed by atoms with Crippen LogP contribution in [0.4, 0.5) is 0 Å². The molecule has 1 heterocycles. The Hall–Kier alpha value is -1.24. The lowest BCUT2D eigenvalue weighted by atomic mass is 10.0. The predicted octanol–water partition coefficient (Wildman–Crippen LogP) is 3.59. The van der Waals surface area contributed by atoms with Gasteiger partial charge in [0.05, 0.1) is 0 Å². The molecule has 1 heteroatoms. The smallest absolute Gasteiger partial charge is 0.0491 e. The minimum Gasteiger partial charge on any atom is -0.367 e. The van der Waals surface area contributed by atoms with Crippen LogP contribution in [0.2, 0.25) is 0 Å². The summed E-state index contributed by atoms with van der Waals surface area (Å²) in [4.78, 5) is 2.53. The fourth-order valence-corrected chi connectivity index (χ4v) is 2.82. The number of rotatable bonds is 2. The number of fused-ring (bicyclic) bond motifs is 1. The van der Waals surface area contributed by atoms with Crippen LogP contribution in [-0.2, 0) is 0 Å². The normalized spacial score (nSPS) is 28.2. The molecule has 0 bridgehead atoms. The van der Waals surface area contributed by atoms with Crippen LogP contribution in [0.1, 0.15) is 36.8 Å². The molecule has 1 saturated heterocycles.